The number of hydrogen-bond acceptors (Lipinski definition) is 7. The maximum Gasteiger partial charge on any atom is 0.332 e. The summed E-state index contributed by atoms with van der Waals surface area (Å²) in [7, 11) is 0. The van der Waals surface area contributed by atoms with Crippen molar-refractivity contribution in [3.05, 3.63) is 81.7 Å². The molecule has 1 aromatic carbocycles. The average Bonchev–Trinajstić information content (AvgIpc) is 3.48. The number of rotatable bonds is 10. The lowest BCUT2D eigenvalue weighted by Crippen LogP contribution is -2.36. The van der Waals surface area contributed by atoms with E-state index in [4.69, 9.17) is 4.74 Å². The van der Waals surface area contributed by atoms with E-state index in [9.17, 15) is 20.0 Å². The molecule has 1 aliphatic rings. The van der Waals surface area contributed by atoms with E-state index in [1.54, 1.807) is 28.3 Å². The highest BCUT2D eigenvalue weighted by molar-refractivity contribution is 5.72. The van der Waals surface area contributed by atoms with Crippen LogP contribution in [0.4, 0.5) is 0 Å². The van der Waals surface area contributed by atoms with E-state index in [1.807, 2.05) is 30.3 Å². The van der Waals surface area contributed by atoms with Crippen LogP contribution < -0.4 is 5.56 Å². The molecular weight excluding hydrogens is 520 g/mol. The third-order valence-corrected chi connectivity index (χ3v) is 7.85. The summed E-state index contributed by atoms with van der Waals surface area (Å²) >= 11 is 0. The van der Waals surface area contributed by atoms with Gasteiger partial charge in [-0.25, -0.2) is 9.31 Å². The Bertz CT molecular complexity index is 1630. The monoisotopic (exact) mass is 554 g/mol. The zero-order valence-corrected chi connectivity index (χ0v) is 23.4. The molecule has 1 N–H and O–H groups in total. The third kappa shape index (κ3) is 5.77. The lowest BCUT2D eigenvalue weighted by atomic mass is 9.92. The van der Waals surface area contributed by atoms with Gasteiger partial charge < -0.3 is 9.84 Å². The number of carbonyl (C=O) groups is 1. The van der Waals surface area contributed by atoms with Crippen LogP contribution in [-0.2, 0) is 22.4 Å². The molecule has 1 saturated carbocycles. The summed E-state index contributed by atoms with van der Waals surface area (Å²) in [6, 6.07) is 13.3. The fourth-order valence-corrected chi connectivity index (χ4v) is 5.78. The summed E-state index contributed by atoms with van der Waals surface area (Å²) in [5.41, 5.74) is 4.38. The Labute approximate surface area is 238 Å². The minimum atomic E-state index is -0.941. The molecule has 10 heteroatoms. The molecule has 0 radical (unpaired) electrons. The molecule has 41 heavy (non-hydrogen) atoms. The highest BCUT2D eigenvalue weighted by atomic mass is 16.5. The van der Waals surface area contributed by atoms with E-state index >= 15 is 0 Å². The van der Waals surface area contributed by atoms with E-state index in [2.05, 4.69) is 28.1 Å². The third-order valence-electron chi connectivity index (χ3n) is 7.85. The maximum atomic E-state index is 14.2. The summed E-state index contributed by atoms with van der Waals surface area (Å²) in [6.07, 6.45) is 7.35. The van der Waals surface area contributed by atoms with Gasteiger partial charge in [0.2, 0.25) is 5.78 Å². The highest BCUT2D eigenvalue weighted by Gasteiger charge is 2.30. The Hall–Kier alpha value is -4.36. The normalized spacial score (nSPS) is 17.8. The van der Waals surface area contributed by atoms with Crippen molar-refractivity contribution in [2.75, 3.05) is 0 Å². The van der Waals surface area contributed by atoms with Gasteiger partial charge in [-0.15, -0.1) is 0 Å². The molecule has 1 unspecified atom stereocenters. The molecule has 1 fully saturated rings. The van der Waals surface area contributed by atoms with Crippen molar-refractivity contribution in [2.45, 2.75) is 83.5 Å². The summed E-state index contributed by atoms with van der Waals surface area (Å²) in [5.74, 6) is -0.408. The first kappa shape index (κ1) is 28.2. The van der Waals surface area contributed by atoms with Crippen LogP contribution >= 0.6 is 0 Å². The molecule has 0 bridgehead atoms. The van der Waals surface area contributed by atoms with Gasteiger partial charge in [0.1, 0.15) is 6.33 Å². The fourth-order valence-electron chi connectivity index (χ4n) is 5.78. The molecule has 10 nitrogen and oxygen atoms in total. The number of carboxylic acids is 1. The van der Waals surface area contributed by atoms with Crippen LogP contribution in [0.5, 0.6) is 0 Å². The molecule has 4 aromatic rings. The quantitative estimate of drug-likeness (QED) is 0.297. The van der Waals surface area contributed by atoms with E-state index in [1.165, 1.54) is 6.33 Å². The highest BCUT2D eigenvalue weighted by Crippen LogP contribution is 2.32. The number of benzene rings is 1. The number of carboxylic acid groups (broad SMARTS) is 1. The van der Waals surface area contributed by atoms with Gasteiger partial charge in [-0.05, 0) is 56.2 Å². The number of aliphatic carboxylic acids is 1. The second-order valence-electron chi connectivity index (χ2n) is 10.5. The van der Waals surface area contributed by atoms with Crippen LogP contribution in [0.25, 0.3) is 17.0 Å². The molecule has 3 aromatic heterocycles. The van der Waals surface area contributed by atoms with Gasteiger partial charge in [-0.2, -0.15) is 15.3 Å². The Morgan fingerprint density at radius 3 is 2.59 bits per heavy atom. The smallest absolute Gasteiger partial charge is 0.332 e. The lowest BCUT2D eigenvalue weighted by molar-refractivity contribution is -0.156. The number of hydrogen-bond donors (Lipinski definition) is 1. The molecule has 3 heterocycles. The number of nitrogens with zero attached hydrogens (tertiary/aromatic N) is 6. The van der Waals surface area contributed by atoms with E-state index < -0.39 is 12.1 Å². The lowest BCUT2D eigenvalue weighted by Gasteiger charge is -2.31. The van der Waals surface area contributed by atoms with Gasteiger partial charge >= 0.3 is 5.97 Å². The first-order chi connectivity index (χ1) is 19.9. The Kier molecular flexibility index (Phi) is 8.55. The largest absolute Gasteiger partial charge is 0.479 e. The van der Waals surface area contributed by atoms with Gasteiger partial charge in [-0.1, -0.05) is 44.5 Å². The first-order valence-electron chi connectivity index (χ1n) is 14.2. The van der Waals surface area contributed by atoms with Gasteiger partial charge in [0.25, 0.3) is 5.56 Å². The number of fused-ring (bicyclic) bond motifs is 1. The summed E-state index contributed by atoms with van der Waals surface area (Å²) in [4.78, 5) is 34.7. The molecule has 1 aliphatic carbocycles. The molecule has 0 spiro atoms. The van der Waals surface area contributed by atoms with Crippen molar-refractivity contribution in [1.82, 2.24) is 24.1 Å². The first-order valence-corrected chi connectivity index (χ1v) is 14.2. The summed E-state index contributed by atoms with van der Waals surface area (Å²) in [5, 5.41) is 23.4. The second-order valence-corrected chi connectivity index (χ2v) is 10.5. The fraction of sp³-hybridized carbons (Fsp3) is 0.419. The Morgan fingerprint density at radius 2 is 1.93 bits per heavy atom. The van der Waals surface area contributed by atoms with Gasteiger partial charge in [0.15, 0.2) is 6.10 Å². The number of ether oxygens (including phenoxy) is 1. The van der Waals surface area contributed by atoms with Crippen molar-refractivity contribution < 1.29 is 14.6 Å². The van der Waals surface area contributed by atoms with Gasteiger partial charge in [0.05, 0.1) is 29.1 Å². The van der Waals surface area contributed by atoms with Crippen molar-refractivity contribution in [3.8, 4) is 17.3 Å². The van der Waals surface area contributed by atoms with E-state index in [0.717, 1.165) is 23.2 Å². The maximum absolute atomic E-state index is 14.2. The van der Waals surface area contributed by atoms with Crippen molar-refractivity contribution >= 4 is 11.7 Å². The van der Waals surface area contributed by atoms with E-state index in [-0.39, 0.29) is 17.7 Å². The topological polar surface area (TPSA) is 135 Å². The van der Waals surface area contributed by atoms with Crippen molar-refractivity contribution in [3.63, 3.8) is 0 Å². The van der Waals surface area contributed by atoms with Gasteiger partial charge in [0, 0.05) is 29.8 Å². The van der Waals surface area contributed by atoms with Crippen molar-refractivity contribution in [2.24, 2.45) is 0 Å². The van der Waals surface area contributed by atoms with Crippen LogP contribution in [0, 0.1) is 11.3 Å². The number of aromatic nitrogens is 5. The van der Waals surface area contributed by atoms with Crippen LogP contribution in [0.1, 0.15) is 80.8 Å². The standard InChI is InChI=1S/C31H34N6O4/c1-3-7-27-25(16-20-10-15-26(33-18-20)24-9-6-5-8-21(24)17-32)29(38)36(31-34-19-35-37(27)31)22-11-13-23(14-12-22)41-28(4-2)30(39)40/h5-6,8-10,15,18-19,22-23,28H,3-4,7,11-14,16H2,1-2H3,(H,39,40)/t22-,23-,28?. The summed E-state index contributed by atoms with van der Waals surface area (Å²) < 4.78 is 9.43. The van der Waals surface area contributed by atoms with E-state index in [0.29, 0.717) is 67.5 Å². The second kappa shape index (κ2) is 12.4. The molecule has 5 rings (SSSR count). The van der Waals surface area contributed by atoms with Crippen molar-refractivity contribution in [1.29, 1.82) is 5.26 Å². The van der Waals surface area contributed by atoms with Gasteiger partial charge in [-0.3, -0.25) is 14.3 Å². The Morgan fingerprint density at radius 1 is 1.15 bits per heavy atom. The SMILES string of the molecule is CCCc1c(Cc2ccc(-c3ccccc3C#N)nc2)c(=O)n([C@H]2CC[C@H](OC(CC)C(=O)O)CC2)c2ncnn12. The molecule has 0 saturated heterocycles. The molecule has 0 amide bonds. The molecule has 0 aliphatic heterocycles. The van der Waals surface area contributed by atoms with Crippen LogP contribution in [0.3, 0.4) is 0 Å². The molecule has 212 valence electrons. The average molecular weight is 555 g/mol. The predicted molar refractivity (Wildman–Crippen MR) is 153 cm³/mol. The Balaban J connectivity index is 1.46. The number of pyridine rings is 1. The summed E-state index contributed by atoms with van der Waals surface area (Å²) in [6.45, 7) is 3.88. The minimum absolute atomic E-state index is 0.0748. The zero-order chi connectivity index (χ0) is 28.9. The number of nitriles is 1. The zero-order valence-electron chi connectivity index (χ0n) is 23.4. The van der Waals surface area contributed by atoms with Crippen LogP contribution in [0.2, 0.25) is 0 Å². The molecular formula is C31H34N6O4. The predicted octanol–water partition coefficient (Wildman–Crippen LogP) is 4.73. The van der Waals surface area contributed by atoms with Crippen LogP contribution in [0.15, 0.2) is 53.7 Å². The van der Waals surface area contributed by atoms with Crippen LogP contribution in [-0.4, -0.2) is 47.4 Å². The molecule has 1 atom stereocenters. The minimum Gasteiger partial charge on any atom is -0.479 e. The number of aryl methyl sites for hydroxylation is 1.